The van der Waals surface area contributed by atoms with Crippen LogP contribution in [0.15, 0.2) is 0 Å². The normalized spacial score (nSPS) is 19.4. The molecule has 1 fully saturated rings. The van der Waals surface area contributed by atoms with Crippen LogP contribution in [0.2, 0.25) is 0 Å². The fourth-order valence-electron chi connectivity index (χ4n) is 2.11. The SMILES string of the molecule is CC(N)CCC(=O)NC1CCN(CC(N)=O)CC1. The highest BCUT2D eigenvalue weighted by molar-refractivity contribution is 5.76. The van der Waals surface area contributed by atoms with E-state index in [0.29, 0.717) is 19.4 Å². The second-order valence-electron chi connectivity index (χ2n) is 5.10. The Morgan fingerprint density at radius 1 is 1.39 bits per heavy atom. The van der Waals surface area contributed by atoms with Crippen LogP contribution in [-0.4, -0.2) is 48.4 Å². The Bertz CT molecular complexity index is 286. The summed E-state index contributed by atoms with van der Waals surface area (Å²) in [7, 11) is 0. The molecule has 0 aromatic carbocycles. The second-order valence-corrected chi connectivity index (χ2v) is 5.10. The lowest BCUT2D eigenvalue weighted by molar-refractivity contribution is -0.123. The Kier molecular flexibility index (Phi) is 6.07. The van der Waals surface area contributed by atoms with E-state index in [-0.39, 0.29) is 23.9 Å². The molecule has 1 unspecified atom stereocenters. The number of piperidine rings is 1. The van der Waals surface area contributed by atoms with Crippen molar-refractivity contribution in [2.45, 2.75) is 44.7 Å². The average molecular weight is 256 g/mol. The summed E-state index contributed by atoms with van der Waals surface area (Å²) < 4.78 is 0. The molecule has 104 valence electrons. The fourth-order valence-corrected chi connectivity index (χ4v) is 2.11. The largest absolute Gasteiger partial charge is 0.369 e. The number of nitrogens with two attached hydrogens (primary N) is 2. The van der Waals surface area contributed by atoms with E-state index in [4.69, 9.17) is 11.5 Å². The van der Waals surface area contributed by atoms with Crippen molar-refractivity contribution < 1.29 is 9.59 Å². The summed E-state index contributed by atoms with van der Waals surface area (Å²) in [4.78, 5) is 24.4. The second kappa shape index (κ2) is 7.33. The lowest BCUT2D eigenvalue weighted by Gasteiger charge is -2.31. The molecular weight excluding hydrogens is 232 g/mol. The predicted molar refractivity (Wildman–Crippen MR) is 69.7 cm³/mol. The number of amides is 2. The molecule has 0 aromatic heterocycles. The third kappa shape index (κ3) is 5.97. The van der Waals surface area contributed by atoms with Gasteiger partial charge in [-0.1, -0.05) is 0 Å². The molecule has 1 rings (SSSR count). The van der Waals surface area contributed by atoms with Crippen LogP contribution in [0.1, 0.15) is 32.6 Å². The van der Waals surface area contributed by atoms with Gasteiger partial charge in [-0.05, 0) is 26.2 Å². The number of hydrogen-bond acceptors (Lipinski definition) is 4. The van der Waals surface area contributed by atoms with Crippen molar-refractivity contribution in [2.75, 3.05) is 19.6 Å². The highest BCUT2D eigenvalue weighted by atomic mass is 16.2. The van der Waals surface area contributed by atoms with E-state index in [0.717, 1.165) is 25.9 Å². The van der Waals surface area contributed by atoms with Gasteiger partial charge in [-0.15, -0.1) is 0 Å². The van der Waals surface area contributed by atoms with Crippen LogP contribution in [-0.2, 0) is 9.59 Å². The van der Waals surface area contributed by atoms with Gasteiger partial charge < -0.3 is 16.8 Å². The van der Waals surface area contributed by atoms with Crippen LogP contribution in [0.5, 0.6) is 0 Å². The van der Waals surface area contributed by atoms with Crippen molar-refractivity contribution in [1.82, 2.24) is 10.2 Å². The van der Waals surface area contributed by atoms with Crippen molar-refractivity contribution >= 4 is 11.8 Å². The van der Waals surface area contributed by atoms with Gasteiger partial charge in [0.1, 0.15) is 0 Å². The zero-order valence-electron chi connectivity index (χ0n) is 11.0. The number of nitrogens with one attached hydrogen (secondary N) is 1. The van der Waals surface area contributed by atoms with Gasteiger partial charge in [0.05, 0.1) is 6.54 Å². The summed E-state index contributed by atoms with van der Waals surface area (Å²) in [5, 5.41) is 3.01. The molecule has 0 radical (unpaired) electrons. The topological polar surface area (TPSA) is 101 Å². The molecule has 1 saturated heterocycles. The molecule has 0 saturated carbocycles. The third-order valence-electron chi connectivity index (χ3n) is 3.16. The van der Waals surface area contributed by atoms with E-state index in [9.17, 15) is 9.59 Å². The maximum atomic E-state index is 11.6. The zero-order chi connectivity index (χ0) is 13.5. The third-order valence-corrected chi connectivity index (χ3v) is 3.16. The number of carbonyl (C=O) groups is 2. The lowest BCUT2D eigenvalue weighted by atomic mass is 10.0. The van der Waals surface area contributed by atoms with Crippen LogP contribution in [0.25, 0.3) is 0 Å². The van der Waals surface area contributed by atoms with Crippen LogP contribution >= 0.6 is 0 Å². The smallest absolute Gasteiger partial charge is 0.231 e. The van der Waals surface area contributed by atoms with E-state index in [2.05, 4.69) is 5.32 Å². The minimum Gasteiger partial charge on any atom is -0.369 e. The number of likely N-dealkylation sites (tertiary alicyclic amines) is 1. The first kappa shape index (κ1) is 14.9. The van der Waals surface area contributed by atoms with Crippen LogP contribution < -0.4 is 16.8 Å². The van der Waals surface area contributed by atoms with Crippen molar-refractivity contribution in [3.8, 4) is 0 Å². The first-order valence-electron chi connectivity index (χ1n) is 6.53. The molecule has 0 spiro atoms. The Labute approximate surface area is 108 Å². The van der Waals surface area contributed by atoms with Crippen molar-refractivity contribution in [3.63, 3.8) is 0 Å². The monoisotopic (exact) mass is 256 g/mol. The molecule has 1 aliphatic heterocycles. The molecule has 1 heterocycles. The molecule has 1 atom stereocenters. The summed E-state index contributed by atoms with van der Waals surface area (Å²) in [5.74, 6) is -0.227. The number of carbonyl (C=O) groups excluding carboxylic acids is 2. The highest BCUT2D eigenvalue weighted by Crippen LogP contribution is 2.10. The van der Waals surface area contributed by atoms with Gasteiger partial charge in [-0.2, -0.15) is 0 Å². The van der Waals surface area contributed by atoms with Gasteiger partial charge in [0.2, 0.25) is 11.8 Å². The van der Waals surface area contributed by atoms with E-state index in [1.807, 2.05) is 11.8 Å². The minimum atomic E-state index is -0.297. The summed E-state index contributed by atoms with van der Waals surface area (Å²) >= 11 is 0. The fraction of sp³-hybridized carbons (Fsp3) is 0.833. The Morgan fingerprint density at radius 3 is 2.50 bits per heavy atom. The first-order chi connectivity index (χ1) is 8.47. The maximum absolute atomic E-state index is 11.6. The number of hydrogen-bond donors (Lipinski definition) is 3. The van der Waals surface area contributed by atoms with Gasteiger partial charge in [0.15, 0.2) is 0 Å². The van der Waals surface area contributed by atoms with E-state index >= 15 is 0 Å². The van der Waals surface area contributed by atoms with Gasteiger partial charge in [0, 0.05) is 31.6 Å². The Hall–Kier alpha value is -1.14. The Balaban J connectivity index is 2.18. The van der Waals surface area contributed by atoms with E-state index < -0.39 is 0 Å². The van der Waals surface area contributed by atoms with Crippen LogP contribution in [0.3, 0.4) is 0 Å². The zero-order valence-corrected chi connectivity index (χ0v) is 11.0. The highest BCUT2D eigenvalue weighted by Gasteiger charge is 2.21. The summed E-state index contributed by atoms with van der Waals surface area (Å²) in [6.45, 7) is 3.82. The van der Waals surface area contributed by atoms with Gasteiger partial charge in [-0.3, -0.25) is 14.5 Å². The minimum absolute atomic E-state index is 0.0631. The molecule has 0 bridgehead atoms. The quantitative estimate of drug-likeness (QED) is 0.578. The number of rotatable bonds is 6. The molecule has 5 N–H and O–H groups in total. The Morgan fingerprint density at radius 2 is 2.00 bits per heavy atom. The summed E-state index contributed by atoms with van der Waals surface area (Å²) in [6.07, 6.45) is 2.94. The molecule has 0 aromatic rings. The van der Waals surface area contributed by atoms with Gasteiger partial charge >= 0.3 is 0 Å². The molecule has 6 heteroatoms. The summed E-state index contributed by atoms with van der Waals surface area (Å²) in [6, 6.07) is 0.280. The van der Waals surface area contributed by atoms with Crippen molar-refractivity contribution in [3.05, 3.63) is 0 Å². The molecule has 0 aliphatic carbocycles. The van der Waals surface area contributed by atoms with Crippen LogP contribution in [0, 0.1) is 0 Å². The number of primary amides is 1. The van der Waals surface area contributed by atoms with Crippen molar-refractivity contribution in [2.24, 2.45) is 11.5 Å². The molecular formula is C12H24N4O2. The van der Waals surface area contributed by atoms with Gasteiger partial charge in [-0.25, -0.2) is 0 Å². The van der Waals surface area contributed by atoms with E-state index in [1.54, 1.807) is 0 Å². The standard InChI is InChI=1S/C12H24N4O2/c1-9(13)2-3-12(18)15-10-4-6-16(7-5-10)8-11(14)17/h9-10H,2-8,13H2,1H3,(H2,14,17)(H,15,18). The average Bonchev–Trinajstić information content (AvgIpc) is 2.28. The molecule has 1 aliphatic rings. The van der Waals surface area contributed by atoms with E-state index in [1.165, 1.54) is 0 Å². The summed E-state index contributed by atoms with van der Waals surface area (Å²) in [5.41, 5.74) is 10.8. The number of nitrogens with zero attached hydrogens (tertiary/aromatic N) is 1. The predicted octanol–water partition coefficient (Wildman–Crippen LogP) is -0.820. The maximum Gasteiger partial charge on any atom is 0.231 e. The molecule has 18 heavy (non-hydrogen) atoms. The van der Waals surface area contributed by atoms with Crippen LogP contribution in [0.4, 0.5) is 0 Å². The first-order valence-corrected chi connectivity index (χ1v) is 6.53. The van der Waals surface area contributed by atoms with Crippen molar-refractivity contribution in [1.29, 1.82) is 0 Å². The molecule has 2 amide bonds. The van der Waals surface area contributed by atoms with Gasteiger partial charge in [0.25, 0.3) is 0 Å². The lowest BCUT2D eigenvalue weighted by Crippen LogP contribution is -2.46. The molecule has 6 nitrogen and oxygen atoms in total.